The number of rotatable bonds is 5. The monoisotopic (exact) mass is 275 g/mol. The summed E-state index contributed by atoms with van der Waals surface area (Å²) in [6, 6.07) is 16.3. The quantitative estimate of drug-likeness (QED) is 0.895. The Morgan fingerprint density at radius 3 is 2.42 bits per heavy atom. The zero-order chi connectivity index (χ0) is 13.7. The first-order chi connectivity index (χ1) is 9.24. The SMILES string of the molecule is CNC(Cc1ccccc1OC)c1ccc(Cl)cc1. The molecular weight excluding hydrogens is 258 g/mol. The molecule has 1 N–H and O–H groups in total. The minimum Gasteiger partial charge on any atom is -0.496 e. The second-order valence-electron chi connectivity index (χ2n) is 4.41. The summed E-state index contributed by atoms with van der Waals surface area (Å²) >= 11 is 5.93. The third kappa shape index (κ3) is 3.49. The molecule has 0 aliphatic heterocycles. The summed E-state index contributed by atoms with van der Waals surface area (Å²) in [6.07, 6.45) is 0.877. The Morgan fingerprint density at radius 1 is 1.11 bits per heavy atom. The molecule has 100 valence electrons. The average Bonchev–Trinajstić information content (AvgIpc) is 2.46. The third-order valence-electron chi connectivity index (χ3n) is 3.24. The van der Waals surface area contributed by atoms with E-state index in [0.29, 0.717) is 0 Å². The van der Waals surface area contributed by atoms with Gasteiger partial charge in [0, 0.05) is 11.1 Å². The predicted molar refractivity (Wildman–Crippen MR) is 80.0 cm³/mol. The molecule has 1 atom stereocenters. The normalized spacial score (nSPS) is 12.2. The van der Waals surface area contributed by atoms with Crippen LogP contribution in [0, 0.1) is 0 Å². The van der Waals surface area contributed by atoms with Gasteiger partial charge in [0.2, 0.25) is 0 Å². The number of likely N-dealkylation sites (N-methyl/N-ethyl adjacent to an activating group) is 1. The van der Waals surface area contributed by atoms with Crippen LogP contribution >= 0.6 is 11.6 Å². The van der Waals surface area contributed by atoms with Gasteiger partial charge in [0.05, 0.1) is 7.11 Å². The van der Waals surface area contributed by atoms with E-state index < -0.39 is 0 Å². The predicted octanol–water partition coefficient (Wildman–Crippen LogP) is 3.85. The van der Waals surface area contributed by atoms with Crippen molar-refractivity contribution in [3.63, 3.8) is 0 Å². The lowest BCUT2D eigenvalue weighted by Gasteiger charge is -2.18. The first kappa shape index (κ1) is 13.9. The van der Waals surface area contributed by atoms with Crippen molar-refractivity contribution in [2.45, 2.75) is 12.5 Å². The third-order valence-corrected chi connectivity index (χ3v) is 3.49. The van der Waals surface area contributed by atoms with Gasteiger partial charge in [-0.15, -0.1) is 0 Å². The van der Waals surface area contributed by atoms with E-state index in [1.807, 2.05) is 37.4 Å². The van der Waals surface area contributed by atoms with E-state index in [1.54, 1.807) is 7.11 Å². The Kier molecular flexibility index (Phi) is 4.83. The van der Waals surface area contributed by atoms with Gasteiger partial charge in [0.25, 0.3) is 0 Å². The summed E-state index contributed by atoms with van der Waals surface area (Å²) in [5, 5.41) is 4.10. The van der Waals surface area contributed by atoms with Crippen LogP contribution in [0.5, 0.6) is 5.75 Å². The molecule has 2 aromatic carbocycles. The molecule has 0 aliphatic rings. The smallest absolute Gasteiger partial charge is 0.122 e. The number of hydrogen-bond acceptors (Lipinski definition) is 2. The van der Waals surface area contributed by atoms with Gasteiger partial charge in [0.1, 0.15) is 5.75 Å². The van der Waals surface area contributed by atoms with Gasteiger partial charge in [-0.2, -0.15) is 0 Å². The molecule has 0 aliphatic carbocycles. The maximum Gasteiger partial charge on any atom is 0.122 e. The summed E-state index contributed by atoms with van der Waals surface area (Å²) in [7, 11) is 3.67. The molecule has 2 nitrogen and oxygen atoms in total. The molecule has 0 saturated heterocycles. The van der Waals surface area contributed by atoms with E-state index in [4.69, 9.17) is 16.3 Å². The van der Waals surface area contributed by atoms with Gasteiger partial charge in [-0.25, -0.2) is 0 Å². The molecule has 2 rings (SSSR count). The van der Waals surface area contributed by atoms with E-state index in [2.05, 4.69) is 23.5 Å². The summed E-state index contributed by atoms with van der Waals surface area (Å²) in [5.74, 6) is 0.928. The van der Waals surface area contributed by atoms with E-state index in [9.17, 15) is 0 Å². The average molecular weight is 276 g/mol. The van der Waals surface area contributed by atoms with Gasteiger partial charge in [-0.1, -0.05) is 41.9 Å². The largest absolute Gasteiger partial charge is 0.496 e. The maximum absolute atomic E-state index is 5.93. The van der Waals surface area contributed by atoms with Gasteiger partial charge in [0.15, 0.2) is 0 Å². The molecule has 19 heavy (non-hydrogen) atoms. The van der Waals surface area contributed by atoms with Crippen molar-refractivity contribution in [2.75, 3.05) is 14.2 Å². The lowest BCUT2D eigenvalue weighted by atomic mass is 9.98. The van der Waals surface area contributed by atoms with Crippen molar-refractivity contribution in [1.82, 2.24) is 5.32 Å². The number of halogens is 1. The first-order valence-corrected chi connectivity index (χ1v) is 6.67. The molecule has 1 unspecified atom stereocenters. The minimum absolute atomic E-state index is 0.244. The van der Waals surface area contributed by atoms with Crippen LogP contribution in [0.1, 0.15) is 17.2 Å². The van der Waals surface area contributed by atoms with Crippen molar-refractivity contribution in [3.8, 4) is 5.75 Å². The van der Waals surface area contributed by atoms with Crippen LogP contribution in [0.2, 0.25) is 5.02 Å². The van der Waals surface area contributed by atoms with Crippen LogP contribution < -0.4 is 10.1 Å². The van der Waals surface area contributed by atoms with Gasteiger partial charge < -0.3 is 10.1 Å². The number of methoxy groups -OCH3 is 1. The molecular formula is C16H18ClNO. The highest BCUT2D eigenvalue weighted by Crippen LogP contribution is 2.25. The van der Waals surface area contributed by atoms with Gasteiger partial charge in [-0.05, 0) is 42.8 Å². The number of hydrogen-bond donors (Lipinski definition) is 1. The van der Waals surface area contributed by atoms with E-state index in [1.165, 1.54) is 11.1 Å². The summed E-state index contributed by atoms with van der Waals surface area (Å²) in [4.78, 5) is 0. The second kappa shape index (κ2) is 6.60. The maximum atomic E-state index is 5.93. The summed E-state index contributed by atoms with van der Waals surface area (Å²) < 4.78 is 5.40. The van der Waals surface area contributed by atoms with Crippen LogP contribution in [-0.2, 0) is 6.42 Å². The number of nitrogens with one attached hydrogen (secondary N) is 1. The molecule has 0 saturated carbocycles. The van der Waals surface area contributed by atoms with Crippen LogP contribution in [0.15, 0.2) is 48.5 Å². The Hall–Kier alpha value is -1.51. The van der Waals surface area contributed by atoms with E-state index in [-0.39, 0.29) is 6.04 Å². The zero-order valence-corrected chi connectivity index (χ0v) is 11.9. The molecule has 0 bridgehead atoms. The molecule has 2 aromatic rings. The fourth-order valence-electron chi connectivity index (χ4n) is 2.17. The van der Waals surface area contributed by atoms with E-state index in [0.717, 1.165) is 17.2 Å². The minimum atomic E-state index is 0.244. The summed E-state index contributed by atoms with van der Waals surface area (Å²) in [6.45, 7) is 0. The Bertz CT molecular complexity index is 525. The molecule has 0 aromatic heterocycles. The number of benzene rings is 2. The van der Waals surface area contributed by atoms with Crippen LogP contribution in [0.25, 0.3) is 0 Å². The van der Waals surface area contributed by atoms with Crippen LogP contribution in [0.3, 0.4) is 0 Å². The fourth-order valence-corrected chi connectivity index (χ4v) is 2.30. The highest BCUT2D eigenvalue weighted by molar-refractivity contribution is 6.30. The molecule has 0 amide bonds. The first-order valence-electron chi connectivity index (χ1n) is 6.29. The van der Waals surface area contributed by atoms with Crippen molar-refractivity contribution in [1.29, 1.82) is 0 Å². The van der Waals surface area contributed by atoms with Gasteiger partial charge >= 0.3 is 0 Å². The van der Waals surface area contributed by atoms with Gasteiger partial charge in [-0.3, -0.25) is 0 Å². The number of ether oxygens (including phenoxy) is 1. The molecule has 0 radical (unpaired) electrons. The Balaban J connectivity index is 2.21. The second-order valence-corrected chi connectivity index (χ2v) is 4.85. The Morgan fingerprint density at radius 2 is 1.79 bits per heavy atom. The number of para-hydroxylation sites is 1. The van der Waals surface area contributed by atoms with E-state index >= 15 is 0 Å². The molecule has 0 spiro atoms. The fraction of sp³-hybridized carbons (Fsp3) is 0.250. The zero-order valence-electron chi connectivity index (χ0n) is 11.2. The summed E-state index contributed by atoms with van der Waals surface area (Å²) in [5.41, 5.74) is 2.41. The van der Waals surface area contributed by atoms with Crippen molar-refractivity contribution >= 4 is 11.6 Å². The molecule has 3 heteroatoms. The Labute approximate surface area is 119 Å². The highest BCUT2D eigenvalue weighted by Gasteiger charge is 2.12. The lowest BCUT2D eigenvalue weighted by molar-refractivity contribution is 0.406. The lowest BCUT2D eigenvalue weighted by Crippen LogP contribution is -2.19. The van der Waals surface area contributed by atoms with Crippen LogP contribution in [-0.4, -0.2) is 14.2 Å². The van der Waals surface area contributed by atoms with Crippen molar-refractivity contribution in [2.24, 2.45) is 0 Å². The van der Waals surface area contributed by atoms with Crippen LogP contribution in [0.4, 0.5) is 0 Å². The van der Waals surface area contributed by atoms with Crippen molar-refractivity contribution in [3.05, 3.63) is 64.7 Å². The highest BCUT2D eigenvalue weighted by atomic mass is 35.5. The standard InChI is InChI=1S/C16H18ClNO/c1-18-15(12-7-9-14(17)10-8-12)11-13-5-3-4-6-16(13)19-2/h3-10,15,18H,11H2,1-2H3. The van der Waals surface area contributed by atoms with Crippen molar-refractivity contribution < 1.29 is 4.74 Å². The molecule has 0 heterocycles. The topological polar surface area (TPSA) is 21.3 Å². The molecule has 0 fully saturated rings.